The normalized spacial score (nSPS) is 18.5. The van der Waals surface area contributed by atoms with E-state index in [0.29, 0.717) is 48.3 Å². The molecule has 4 N–H and O–H groups in total. The maximum Gasteiger partial charge on any atom is 0.253 e. The van der Waals surface area contributed by atoms with Gasteiger partial charge in [-0.05, 0) is 75.2 Å². The van der Waals surface area contributed by atoms with Gasteiger partial charge in [-0.1, -0.05) is 6.58 Å². The molecule has 1 unspecified atom stereocenters. The Morgan fingerprint density at radius 3 is 2.39 bits per heavy atom. The molecule has 1 aromatic carbocycles. The minimum absolute atomic E-state index is 0.0146. The monoisotopic (exact) mass is 490 g/mol. The van der Waals surface area contributed by atoms with Gasteiger partial charge in [-0.3, -0.25) is 14.4 Å². The van der Waals surface area contributed by atoms with Gasteiger partial charge in [0.25, 0.3) is 11.8 Å². The van der Waals surface area contributed by atoms with Crippen LogP contribution in [-0.2, 0) is 4.79 Å². The van der Waals surface area contributed by atoms with Crippen LogP contribution in [0, 0.1) is 0 Å². The van der Waals surface area contributed by atoms with Crippen LogP contribution in [0.2, 0.25) is 0 Å². The lowest BCUT2D eigenvalue weighted by atomic mass is 9.92. The highest BCUT2D eigenvalue weighted by Gasteiger charge is 2.25. The molecule has 1 aromatic heterocycles. The summed E-state index contributed by atoms with van der Waals surface area (Å²) in [6.07, 6.45) is 4.96. The number of carbonyl (C=O) groups is 3. The molecule has 2 saturated heterocycles. The average Bonchev–Trinajstić information content (AvgIpc) is 2.92. The van der Waals surface area contributed by atoms with Crippen molar-refractivity contribution < 1.29 is 14.4 Å². The minimum atomic E-state index is -0.570. The van der Waals surface area contributed by atoms with E-state index in [9.17, 15) is 14.4 Å². The highest BCUT2D eigenvalue weighted by molar-refractivity contribution is 5.98. The zero-order chi connectivity index (χ0) is 25.7. The number of rotatable bonds is 7. The molecule has 3 heterocycles. The van der Waals surface area contributed by atoms with Crippen molar-refractivity contribution in [1.82, 2.24) is 20.1 Å². The second-order valence-electron chi connectivity index (χ2n) is 9.38. The predicted molar refractivity (Wildman–Crippen MR) is 139 cm³/mol. The van der Waals surface area contributed by atoms with Crippen molar-refractivity contribution in [1.29, 1.82) is 0 Å². The molecule has 36 heavy (non-hydrogen) atoms. The van der Waals surface area contributed by atoms with Crippen molar-refractivity contribution in [3.05, 3.63) is 65.9 Å². The Morgan fingerprint density at radius 2 is 1.75 bits per heavy atom. The molecule has 0 saturated carbocycles. The molecule has 0 spiro atoms. The van der Waals surface area contributed by atoms with Crippen LogP contribution in [0.15, 0.2) is 49.1 Å². The Labute approximate surface area is 211 Å². The van der Waals surface area contributed by atoms with Crippen molar-refractivity contribution in [2.24, 2.45) is 5.73 Å². The fraction of sp³-hybridized carbons (Fsp3) is 0.407. The van der Waals surface area contributed by atoms with Gasteiger partial charge < -0.3 is 26.2 Å². The first kappa shape index (κ1) is 25.4. The maximum atomic E-state index is 13.0. The Balaban J connectivity index is 1.47. The van der Waals surface area contributed by atoms with E-state index in [1.165, 1.54) is 6.08 Å². The largest absolute Gasteiger partial charge is 0.365 e. The summed E-state index contributed by atoms with van der Waals surface area (Å²) < 4.78 is 0. The van der Waals surface area contributed by atoms with Crippen LogP contribution < -0.4 is 16.4 Å². The van der Waals surface area contributed by atoms with E-state index in [-0.39, 0.29) is 17.7 Å². The molecule has 2 aromatic rings. The number of pyridine rings is 1. The molecular formula is C27H34N6O3. The first-order valence-electron chi connectivity index (χ1n) is 12.4. The van der Waals surface area contributed by atoms with E-state index < -0.39 is 5.91 Å². The molecule has 0 radical (unpaired) electrons. The fourth-order valence-electron chi connectivity index (χ4n) is 4.93. The number of hydrogen-bond acceptors (Lipinski definition) is 6. The van der Waals surface area contributed by atoms with Crippen molar-refractivity contribution in [2.75, 3.05) is 38.5 Å². The number of hydrogen-bond donors (Lipinski definition) is 3. The Bertz CT molecular complexity index is 1120. The Morgan fingerprint density at radius 1 is 1.03 bits per heavy atom. The number of piperidine rings is 2. The fourth-order valence-corrected chi connectivity index (χ4v) is 4.93. The number of nitrogens with two attached hydrogens (primary N) is 1. The molecule has 9 nitrogen and oxygen atoms in total. The lowest BCUT2D eigenvalue weighted by molar-refractivity contribution is -0.127. The van der Waals surface area contributed by atoms with Gasteiger partial charge in [0.1, 0.15) is 5.82 Å². The van der Waals surface area contributed by atoms with Crippen molar-refractivity contribution in [3.8, 4) is 0 Å². The molecular weight excluding hydrogens is 456 g/mol. The SMILES string of the molecule is C=CC(=O)N1CCC(c2ccc(C(N)=O)c(Nc3ccc(C(=O)N4CCCC(NC)C4)cc3)n2)CC1. The number of anilines is 2. The van der Waals surface area contributed by atoms with Crippen LogP contribution in [0.5, 0.6) is 0 Å². The van der Waals surface area contributed by atoms with Crippen LogP contribution in [0.25, 0.3) is 0 Å². The molecule has 2 fully saturated rings. The highest BCUT2D eigenvalue weighted by Crippen LogP contribution is 2.30. The minimum Gasteiger partial charge on any atom is -0.365 e. The van der Waals surface area contributed by atoms with E-state index in [1.807, 2.05) is 30.1 Å². The van der Waals surface area contributed by atoms with Crippen LogP contribution in [0.3, 0.4) is 0 Å². The van der Waals surface area contributed by atoms with Crippen molar-refractivity contribution in [2.45, 2.75) is 37.6 Å². The second-order valence-corrected chi connectivity index (χ2v) is 9.38. The number of nitrogens with zero attached hydrogens (tertiary/aromatic N) is 3. The van der Waals surface area contributed by atoms with Gasteiger partial charge in [0.05, 0.1) is 5.56 Å². The first-order chi connectivity index (χ1) is 17.4. The molecule has 0 aliphatic carbocycles. The summed E-state index contributed by atoms with van der Waals surface area (Å²) in [4.78, 5) is 45.3. The molecule has 9 heteroatoms. The van der Waals surface area contributed by atoms with Crippen LogP contribution in [0.4, 0.5) is 11.5 Å². The van der Waals surface area contributed by atoms with Crippen molar-refractivity contribution >= 4 is 29.2 Å². The number of likely N-dealkylation sites (tertiary alicyclic amines) is 2. The lowest BCUT2D eigenvalue weighted by Gasteiger charge is -2.32. The predicted octanol–water partition coefficient (Wildman–Crippen LogP) is 2.64. The molecule has 190 valence electrons. The summed E-state index contributed by atoms with van der Waals surface area (Å²) in [5.41, 5.74) is 8.08. The Hall–Kier alpha value is -3.72. The highest BCUT2D eigenvalue weighted by atomic mass is 16.2. The molecule has 3 amide bonds. The average molecular weight is 491 g/mol. The Kier molecular flexibility index (Phi) is 8.00. The van der Waals surface area contributed by atoms with Gasteiger partial charge >= 0.3 is 0 Å². The molecule has 1 atom stereocenters. The van der Waals surface area contributed by atoms with Gasteiger partial charge in [0, 0.05) is 55.1 Å². The van der Waals surface area contributed by atoms with E-state index in [0.717, 1.165) is 37.9 Å². The van der Waals surface area contributed by atoms with E-state index in [2.05, 4.69) is 17.2 Å². The topological polar surface area (TPSA) is 121 Å². The molecule has 2 aliphatic heterocycles. The van der Waals surface area contributed by atoms with E-state index >= 15 is 0 Å². The number of likely N-dealkylation sites (N-methyl/N-ethyl adjacent to an activating group) is 1. The number of aromatic nitrogens is 1. The molecule has 0 bridgehead atoms. The zero-order valence-electron chi connectivity index (χ0n) is 20.7. The third-order valence-corrected chi connectivity index (χ3v) is 7.09. The van der Waals surface area contributed by atoms with Gasteiger partial charge in [-0.25, -0.2) is 4.98 Å². The van der Waals surface area contributed by atoms with Crippen LogP contribution in [0.1, 0.15) is 58.0 Å². The quantitative estimate of drug-likeness (QED) is 0.513. The maximum absolute atomic E-state index is 13.0. The van der Waals surface area contributed by atoms with Gasteiger partial charge in [-0.2, -0.15) is 0 Å². The summed E-state index contributed by atoms with van der Waals surface area (Å²) in [7, 11) is 1.93. The summed E-state index contributed by atoms with van der Waals surface area (Å²) >= 11 is 0. The third-order valence-electron chi connectivity index (χ3n) is 7.09. The number of amides is 3. The zero-order valence-corrected chi connectivity index (χ0v) is 20.7. The van der Waals surface area contributed by atoms with Crippen LogP contribution in [-0.4, -0.2) is 71.8 Å². The van der Waals surface area contributed by atoms with Gasteiger partial charge in [0.15, 0.2) is 0 Å². The summed E-state index contributed by atoms with van der Waals surface area (Å²) in [5.74, 6) is -0.0551. The molecule has 2 aliphatic rings. The molecule has 4 rings (SSSR count). The summed E-state index contributed by atoms with van der Waals surface area (Å²) in [6.45, 7) is 6.30. The number of benzene rings is 1. The summed E-state index contributed by atoms with van der Waals surface area (Å²) in [6, 6.07) is 11.0. The first-order valence-corrected chi connectivity index (χ1v) is 12.4. The van der Waals surface area contributed by atoms with E-state index in [1.54, 1.807) is 23.1 Å². The standard InChI is InChI=1S/C27H34N6O3/c1-3-24(34)32-15-12-18(13-16-32)23-11-10-22(25(28)35)26(31-23)30-20-8-6-19(7-9-20)27(36)33-14-4-5-21(17-33)29-2/h3,6-11,18,21,29H,1,4-5,12-17H2,2H3,(H2,28,35)(H,30,31). The number of primary amides is 1. The smallest absolute Gasteiger partial charge is 0.253 e. The summed E-state index contributed by atoms with van der Waals surface area (Å²) in [5, 5.41) is 6.47. The second kappa shape index (κ2) is 11.3. The van der Waals surface area contributed by atoms with E-state index in [4.69, 9.17) is 10.7 Å². The van der Waals surface area contributed by atoms with Gasteiger partial charge in [-0.15, -0.1) is 0 Å². The third kappa shape index (κ3) is 5.73. The van der Waals surface area contributed by atoms with Gasteiger partial charge in [0.2, 0.25) is 5.91 Å². The number of nitrogens with one attached hydrogen (secondary N) is 2. The van der Waals surface area contributed by atoms with Crippen molar-refractivity contribution in [3.63, 3.8) is 0 Å². The lowest BCUT2D eigenvalue weighted by Crippen LogP contribution is -2.46. The number of carbonyl (C=O) groups excluding carboxylic acids is 3. The van der Waals surface area contributed by atoms with Crippen LogP contribution >= 0.6 is 0 Å².